The van der Waals surface area contributed by atoms with E-state index in [1.54, 1.807) is 0 Å². The van der Waals surface area contributed by atoms with Crippen molar-refractivity contribution in [2.75, 3.05) is 5.75 Å². The van der Waals surface area contributed by atoms with Crippen LogP contribution in [0, 0.1) is 17.2 Å². The van der Waals surface area contributed by atoms with Gasteiger partial charge < -0.3 is 0 Å². The highest BCUT2D eigenvalue weighted by atomic mass is 32.2. The van der Waals surface area contributed by atoms with Crippen LogP contribution < -0.4 is 5.32 Å². The maximum Gasteiger partial charge on any atom is 0.113 e. The predicted octanol–water partition coefficient (Wildman–Crippen LogP) is 3.58. The van der Waals surface area contributed by atoms with Crippen LogP contribution in [-0.2, 0) is 0 Å². The molecule has 0 aromatic heterocycles. The second kappa shape index (κ2) is 6.66. The third-order valence-corrected chi connectivity index (χ3v) is 4.99. The Morgan fingerprint density at radius 3 is 2.71 bits per heavy atom. The summed E-state index contributed by atoms with van der Waals surface area (Å²) in [6, 6.07) is 2.79. The number of nitrogens with one attached hydrogen (secondary N) is 1. The highest BCUT2D eigenvalue weighted by Gasteiger charge is 2.27. The van der Waals surface area contributed by atoms with E-state index in [1.165, 1.54) is 25.7 Å². The van der Waals surface area contributed by atoms with Gasteiger partial charge in [0, 0.05) is 17.0 Å². The Morgan fingerprint density at radius 2 is 2.18 bits per heavy atom. The summed E-state index contributed by atoms with van der Waals surface area (Å²) in [5, 5.41) is 13.4. The first-order valence-corrected chi connectivity index (χ1v) is 7.80. The number of rotatable bonds is 5. The van der Waals surface area contributed by atoms with E-state index in [1.807, 2.05) is 18.7 Å². The van der Waals surface area contributed by atoms with Crippen LogP contribution in [0.3, 0.4) is 0 Å². The van der Waals surface area contributed by atoms with Gasteiger partial charge in [-0.3, -0.25) is 5.32 Å². The first-order chi connectivity index (χ1) is 7.95. The molecular weight excluding hydrogens is 228 g/mol. The lowest BCUT2D eigenvalue weighted by Gasteiger charge is -2.30. The fourth-order valence-electron chi connectivity index (χ4n) is 2.56. The van der Waals surface area contributed by atoms with Crippen molar-refractivity contribution in [3.05, 3.63) is 0 Å². The molecule has 1 fully saturated rings. The van der Waals surface area contributed by atoms with Gasteiger partial charge in [-0.05, 0) is 39.5 Å². The zero-order valence-corrected chi connectivity index (χ0v) is 12.4. The number of nitriles is 1. The smallest absolute Gasteiger partial charge is 0.113 e. The van der Waals surface area contributed by atoms with Gasteiger partial charge in [0.15, 0.2) is 0 Å². The van der Waals surface area contributed by atoms with Gasteiger partial charge in [0.2, 0.25) is 0 Å². The van der Waals surface area contributed by atoms with Crippen LogP contribution in [0.25, 0.3) is 0 Å². The highest BCUT2D eigenvalue weighted by molar-refractivity contribution is 8.00. The Morgan fingerprint density at radius 1 is 1.47 bits per heavy atom. The van der Waals surface area contributed by atoms with Crippen molar-refractivity contribution in [3.8, 4) is 6.07 Å². The molecule has 3 heteroatoms. The van der Waals surface area contributed by atoms with Crippen molar-refractivity contribution < 1.29 is 0 Å². The van der Waals surface area contributed by atoms with Crippen LogP contribution in [0.1, 0.15) is 53.4 Å². The lowest BCUT2D eigenvalue weighted by molar-refractivity contribution is 0.392. The SMILES string of the molecule is CC1CCCC(SCC(C)(C#N)NC(C)C)C1. The fourth-order valence-corrected chi connectivity index (χ4v) is 4.07. The van der Waals surface area contributed by atoms with E-state index in [-0.39, 0.29) is 5.54 Å². The second-order valence-corrected chi connectivity index (χ2v) is 7.24. The van der Waals surface area contributed by atoms with E-state index in [0.29, 0.717) is 6.04 Å². The van der Waals surface area contributed by atoms with E-state index >= 15 is 0 Å². The third-order valence-electron chi connectivity index (χ3n) is 3.35. The fraction of sp³-hybridized carbons (Fsp3) is 0.929. The summed E-state index contributed by atoms with van der Waals surface area (Å²) < 4.78 is 0. The molecule has 17 heavy (non-hydrogen) atoms. The molecule has 0 amide bonds. The minimum absolute atomic E-state index is 0.366. The van der Waals surface area contributed by atoms with Gasteiger partial charge in [0.1, 0.15) is 5.54 Å². The van der Waals surface area contributed by atoms with E-state index in [4.69, 9.17) is 0 Å². The Kier molecular flexibility index (Phi) is 5.82. The molecule has 0 aliphatic heterocycles. The lowest BCUT2D eigenvalue weighted by Crippen LogP contribution is -2.47. The maximum absolute atomic E-state index is 9.29. The first-order valence-electron chi connectivity index (χ1n) is 6.76. The molecule has 1 saturated carbocycles. The molecule has 1 rings (SSSR count). The Labute approximate surface area is 111 Å². The number of nitrogens with zero attached hydrogens (tertiary/aromatic N) is 1. The van der Waals surface area contributed by atoms with Gasteiger partial charge in [0.25, 0.3) is 0 Å². The summed E-state index contributed by atoms with van der Waals surface area (Å²) in [4.78, 5) is 0. The summed E-state index contributed by atoms with van der Waals surface area (Å²) in [6.45, 7) is 8.57. The van der Waals surface area contributed by atoms with Crippen LogP contribution in [0.5, 0.6) is 0 Å². The number of hydrogen-bond donors (Lipinski definition) is 1. The lowest BCUT2D eigenvalue weighted by atomic mass is 9.91. The largest absolute Gasteiger partial charge is 0.297 e. The van der Waals surface area contributed by atoms with Gasteiger partial charge in [-0.2, -0.15) is 17.0 Å². The number of hydrogen-bond acceptors (Lipinski definition) is 3. The summed E-state index contributed by atoms with van der Waals surface area (Å²) in [6.07, 6.45) is 5.41. The molecule has 3 unspecified atom stereocenters. The Balaban J connectivity index is 2.39. The summed E-state index contributed by atoms with van der Waals surface area (Å²) >= 11 is 1.99. The molecule has 0 aromatic rings. The van der Waals surface area contributed by atoms with Crippen LogP contribution in [0.15, 0.2) is 0 Å². The molecule has 0 saturated heterocycles. The minimum atomic E-state index is -0.375. The van der Waals surface area contributed by atoms with Gasteiger partial charge >= 0.3 is 0 Å². The molecule has 0 bridgehead atoms. The molecule has 2 nitrogen and oxygen atoms in total. The van der Waals surface area contributed by atoms with E-state index in [0.717, 1.165) is 16.9 Å². The molecule has 98 valence electrons. The molecular formula is C14H26N2S. The van der Waals surface area contributed by atoms with Crippen molar-refractivity contribution in [2.45, 2.75) is 70.2 Å². The molecule has 0 radical (unpaired) electrons. The topological polar surface area (TPSA) is 35.8 Å². The standard InChI is InChI=1S/C14H26N2S/c1-11(2)16-14(4,9-15)10-17-13-7-5-6-12(3)8-13/h11-13,16H,5-8,10H2,1-4H3. The summed E-state index contributed by atoms with van der Waals surface area (Å²) in [5.41, 5.74) is -0.375. The van der Waals surface area contributed by atoms with Crippen LogP contribution >= 0.6 is 11.8 Å². The minimum Gasteiger partial charge on any atom is -0.297 e. The molecule has 1 N–H and O–H groups in total. The van der Waals surface area contributed by atoms with Gasteiger partial charge in [-0.25, -0.2) is 0 Å². The van der Waals surface area contributed by atoms with Crippen molar-refractivity contribution in [3.63, 3.8) is 0 Å². The van der Waals surface area contributed by atoms with Crippen LogP contribution in [-0.4, -0.2) is 22.6 Å². The summed E-state index contributed by atoms with van der Waals surface area (Å²) in [7, 11) is 0. The Hall–Kier alpha value is -0.200. The number of thioether (sulfide) groups is 1. The highest BCUT2D eigenvalue weighted by Crippen LogP contribution is 2.33. The monoisotopic (exact) mass is 254 g/mol. The van der Waals surface area contributed by atoms with Crippen molar-refractivity contribution in [1.29, 1.82) is 5.26 Å². The summed E-state index contributed by atoms with van der Waals surface area (Å²) in [5.74, 6) is 1.77. The van der Waals surface area contributed by atoms with Gasteiger partial charge in [-0.1, -0.05) is 19.8 Å². The normalized spacial score (nSPS) is 28.7. The van der Waals surface area contributed by atoms with Crippen LogP contribution in [0.4, 0.5) is 0 Å². The van der Waals surface area contributed by atoms with Gasteiger partial charge in [-0.15, -0.1) is 0 Å². The second-order valence-electron chi connectivity index (χ2n) is 5.95. The quantitative estimate of drug-likeness (QED) is 0.814. The molecule has 1 aliphatic rings. The zero-order valence-electron chi connectivity index (χ0n) is 11.6. The van der Waals surface area contributed by atoms with Gasteiger partial charge in [0.05, 0.1) is 6.07 Å². The average Bonchev–Trinajstić information content (AvgIpc) is 2.26. The Bertz CT molecular complexity index is 272. The zero-order chi connectivity index (χ0) is 12.9. The molecule has 1 aliphatic carbocycles. The molecule has 0 spiro atoms. The maximum atomic E-state index is 9.29. The van der Waals surface area contributed by atoms with E-state index in [9.17, 15) is 5.26 Å². The molecule has 3 atom stereocenters. The first kappa shape index (κ1) is 14.9. The van der Waals surface area contributed by atoms with Crippen molar-refractivity contribution >= 4 is 11.8 Å². The van der Waals surface area contributed by atoms with E-state index in [2.05, 4.69) is 32.2 Å². The van der Waals surface area contributed by atoms with Crippen molar-refractivity contribution in [1.82, 2.24) is 5.32 Å². The average molecular weight is 254 g/mol. The van der Waals surface area contributed by atoms with Crippen molar-refractivity contribution in [2.24, 2.45) is 5.92 Å². The van der Waals surface area contributed by atoms with E-state index < -0.39 is 0 Å². The van der Waals surface area contributed by atoms with Crippen LogP contribution in [0.2, 0.25) is 0 Å². The predicted molar refractivity (Wildman–Crippen MR) is 76.2 cm³/mol. The third kappa shape index (κ3) is 5.31. The molecule has 0 aromatic carbocycles. The molecule has 0 heterocycles.